The summed E-state index contributed by atoms with van der Waals surface area (Å²) in [6.07, 6.45) is 2.46. The highest BCUT2D eigenvalue weighted by Gasteiger charge is 2.47. The number of nitrogens with zero attached hydrogens (tertiary/aromatic N) is 2. The fraction of sp³-hybridized carbons (Fsp3) is 0.211. The maximum atomic E-state index is 12.7. The number of carbonyl (C=O) groups excluding carboxylic acids is 2. The largest absolute Gasteiger partial charge is 0.346 e. The molecule has 134 valence electrons. The van der Waals surface area contributed by atoms with Gasteiger partial charge in [-0.3, -0.25) is 4.79 Å². The molecule has 0 saturated carbocycles. The molecule has 0 aromatic heterocycles. The first kappa shape index (κ1) is 18.4. The van der Waals surface area contributed by atoms with Crippen molar-refractivity contribution < 1.29 is 9.59 Å². The molecule has 1 saturated heterocycles. The van der Waals surface area contributed by atoms with E-state index in [-0.39, 0.29) is 0 Å². The molecule has 3 rings (SSSR count). The maximum absolute atomic E-state index is 12.7. The van der Waals surface area contributed by atoms with Gasteiger partial charge in [-0.05, 0) is 37.5 Å². The number of aryl methyl sites for hydroxylation is 1. The smallest absolute Gasteiger partial charge is 0.322 e. The number of urea groups is 1. The van der Waals surface area contributed by atoms with Crippen molar-refractivity contribution >= 4 is 41.4 Å². The van der Waals surface area contributed by atoms with E-state index in [1.165, 1.54) is 6.21 Å². The van der Waals surface area contributed by atoms with E-state index in [9.17, 15) is 9.59 Å². The van der Waals surface area contributed by atoms with Crippen LogP contribution in [0.25, 0.3) is 0 Å². The topological polar surface area (TPSA) is 61.8 Å². The molecule has 0 aliphatic carbocycles. The van der Waals surface area contributed by atoms with Crippen LogP contribution >= 0.6 is 23.2 Å². The highest BCUT2D eigenvalue weighted by Crippen LogP contribution is 2.25. The molecule has 5 nitrogen and oxygen atoms in total. The molecule has 0 unspecified atom stereocenters. The van der Waals surface area contributed by atoms with Crippen LogP contribution in [-0.2, 0) is 11.2 Å². The van der Waals surface area contributed by atoms with E-state index in [2.05, 4.69) is 10.4 Å². The summed E-state index contributed by atoms with van der Waals surface area (Å²) < 4.78 is 0. The van der Waals surface area contributed by atoms with Crippen molar-refractivity contribution in [2.24, 2.45) is 5.10 Å². The highest BCUT2D eigenvalue weighted by atomic mass is 35.5. The van der Waals surface area contributed by atoms with Crippen LogP contribution in [0.1, 0.15) is 24.5 Å². The predicted octanol–water partition coefficient (Wildman–Crippen LogP) is 4.27. The minimum absolute atomic E-state index is 0.389. The van der Waals surface area contributed by atoms with Gasteiger partial charge in [0, 0.05) is 5.56 Å². The van der Waals surface area contributed by atoms with Gasteiger partial charge in [-0.15, -0.1) is 5.01 Å². The van der Waals surface area contributed by atoms with Crippen LogP contribution in [0.4, 0.5) is 4.79 Å². The summed E-state index contributed by atoms with van der Waals surface area (Å²) in [5, 5.41) is 8.33. The summed E-state index contributed by atoms with van der Waals surface area (Å²) >= 11 is 12.2. The highest BCUT2D eigenvalue weighted by molar-refractivity contribution is 6.38. The molecular formula is C19H17Cl2N3O2. The second kappa shape index (κ2) is 7.48. The number of rotatable bonds is 5. The molecule has 0 bridgehead atoms. The molecule has 1 aliphatic rings. The van der Waals surface area contributed by atoms with E-state index in [1.807, 2.05) is 30.3 Å². The second-order valence-electron chi connectivity index (χ2n) is 6.24. The van der Waals surface area contributed by atoms with Gasteiger partial charge in [0.25, 0.3) is 5.91 Å². The average Bonchev–Trinajstić information content (AvgIpc) is 2.84. The number of amides is 3. The van der Waals surface area contributed by atoms with Crippen LogP contribution in [0.15, 0.2) is 53.6 Å². The third-order valence-corrected chi connectivity index (χ3v) is 4.96. The Balaban J connectivity index is 1.75. The second-order valence-corrected chi connectivity index (χ2v) is 7.06. The van der Waals surface area contributed by atoms with Gasteiger partial charge in [-0.2, -0.15) is 5.10 Å². The summed E-state index contributed by atoms with van der Waals surface area (Å²) in [5.41, 5.74) is 0.545. The van der Waals surface area contributed by atoms with Crippen molar-refractivity contribution in [2.75, 3.05) is 0 Å². The summed E-state index contributed by atoms with van der Waals surface area (Å²) in [6.45, 7) is 1.70. The van der Waals surface area contributed by atoms with Gasteiger partial charge in [0.05, 0.1) is 16.3 Å². The summed E-state index contributed by atoms with van der Waals surface area (Å²) in [5.74, 6) is -0.405. The Hall–Kier alpha value is -2.37. The number of halogens is 2. The zero-order chi connectivity index (χ0) is 18.7. The van der Waals surface area contributed by atoms with E-state index < -0.39 is 17.5 Å². The van der Waals surface area contributed by atoms with E-state index in [0.29, 0.717) is 28.5 Å². The lowest BCUT2D eigenvalue weighted by Gasteiger charge is -2.20. The van der Waals surface area contributed by atoms with Crippen LogP contribution < -0.4 is 5.32 Å². The first-order chi connectivity index (χ1) is 12.4. The van der Waals surface area contributed by atoms with Gasteiger partial charge in [-0.25, -0.2) is 4.79 Å². The zero-order valence-electron chi connectivity index (χ0n) is 14.1. The molecule has 1 fully saturated rings. The molecule has 1 aliphatic heterocycles. The molecule has 0 radical (unpaired) electrons. The SMILES string of the molecule is C[C@@]1(CCc2ccccc2)NC(=O)N(/N=C\c2c(Cl)cccc2Cl)C1=O. The summed E-state index contributed by atoms with van der Waals surface area (Å²) in [6, 6.07) is 14.2. The summed E-state index contributed by atoms with van der Waals surface area (Å²) in [4.78, 5) is 24.9. The predicted molar refractivity (Wildman–Crippen MR) is 103 cm³/mol. The van der Waals surface area contributed by atoms with Gasteiger partial charge < -0.3 is 5.32 Å². The van der Waals surface area contributed by atoms with Crippen molar-refractivity contribution in [3.8, 4) is 0 Å². The van der Waals surface area contributed by atoms with Crippen LogP contribution in [0, 0.1) is 0 Å². The molecule has 26 heavy (non-hydrogen) atoms. The lowest BCUT2D eigenvalue weighted by atomic mass is 9.93. The Morgan fingerprint density at radius 2 is 1.73 bits per heavy atom. The van der Waals surface area contributed by atoms with Crippen molar-refractivity contribution in [3.05, 3.63) is 69.7 Å². The zero-order valence-corrected chi connectivity index (χ0v) is 15.6. The quantitative estimate of drug-likeness (QED) is 0.612. The number of carbonyl (C=O) groups is 2. The average molecular weight is 390 g/mol. The Morgan fingerprint density at radius 1 is 1.08 bits per heavy atom. The molecule has 2 aromatic carbocycles. The fourth-order valence-corrected chi connectivity index (χ4v) is 3.23. The van der Waals surface area contributed by atoms with Gasteiger partial charge in [0.2, 0.25) is 0 Å². The maximum Gasteiger partial charge on any atom is 0.346 e. The van der Waals surface area contributed by atoms with Crippen LogP contribution in [0.5, 0.6) is 0 Å². The molecule has 7 heteroatoms. The number of hydrogen-bond donors (Lipinski definition) is 1. The first-order valence-electron chi connectivity index (χ1n) is 8.09. The van der Waals surface area contributed by atoms with Crippen LogP contribution in [-0.4, -0.2) is 28.7 Å². The number of hydrogen-bond acceptors (Lipinski definition) is 3. The molecule has 1 heterocycles. The Kier molecular flexibility index (Phi) is 5.30. The Labute approximate surface area is 161 Å². The molecule has 3 amide bonds. The fourth-order valence-electron chi connectivity index (χ4n) is 2.73. The Morgan fingerprint density at radius 3 is 2.38 bits per heavy atom. The molecular weight excluding hydrogens is 373 g/mol. The van der Waals surface area contributed by atoms with E-state index in [0.717, 1.165) is 10.6 Å². The molecule has 1 N–H and O–H groups in total. The van der Waals surface area contributed by atoms with Crippen LogP contribution in [0.2, 0.25) is 10.0 Å². The Bertz CT molecular complexity index is 850. The lowest BCUT2D eigenvalue weighted by Crippen LogP contribution is -2.44. The number of benzene rings is 2. The monoisotopic (exact) mass is 389 g/mol. The molecule has 0 spiro atoms. The third-order valence-electron chi connectivity index (χ3n) is 4.30. The summed E-state index contributed by atoms with van der Waals surface area (Å²) in [7, 11) is 0. The van der Waals surface area contributed by atoms with E-state index in [1.54, 1.807) is 25.1 Å². The minimum Gasteiger partial charge on any atom is -0.322 e. The van der Waals surface area contributed by atoms with Crippen molar-refractivity contribution in [1.82, 2.24) is 10.3 Å². The van der Waals surface area contributed by atoms with Crippen molar-refractivity contribution in [2.45, 2.75) is 25.3 Å². The van der Waals surface area contributed by atoms with Crippen molar-refractivity contribution in [3.63, 3.8) is 0 Å². The normalized spacial score (nSPS) is 20.0. The standard InChI is InChI=1S/C19H17Cl2N3O2/c1-19(11-10-13-6-3-2-4-7-13)17(25)24(18(26)23-19)22-12-14-15(20)8-5-9-16(14)21/h2-9,12H,10-11H2,1H3,(H,23,26)/b22-12-/t19-/m0/s1. The van der Waals surface area contributed by atoms with Gasteiger partial charge >= 0.3 is 6.03 Å². The minimum atomic E-state index is -1.01. The van der Waals surface area contributed by atoms with Gasteiger partial charge in [0.15, 0.2) is 0 Å². The first-order valence-corrected chi connectivity index (χ1v) is 8.85. The number of nitrogens with one attached hydrogen (secondary N) is 1. The van der Waals surface area contributed by atoms with Crippen LogP contribution in [0.3, 0.4) is 0 Å². The third kappa shape index (κ3) is 3.74. The van der Waals surface area contributed by atoms with Crippen molar-refractivity contribution in [1.29, 1.82) is 0 Å². The molecule has 2 aromatic rings. The van der Waals surface area contributed by atoms with E-state index >= 15 is 0 Å². The lowest BCUT2D eigenvalue weighted by molar-refractivity contribution is -0.130. The number of imide groups is 1. The van der Waals surface area contributed by atoms with E-state index in [4.69, 9.17) is 23.2 Å². The molecule has 1 atom stereocenters. The van der Waals surface area contributed by atoms with Gasteiger partial charge in [0.1, 0.15) is 5.54 Å². The van der Waals surface area contributed by atoms with Gasteiger partial charge in [-0.1, -0.05) is 59.6 Å². The number of hydrazone groups is 1.